The van der Waals surface area contributed by atoms with Crippen molar-refractivity contribution in [3.05, 3.63) is 12.2 Å². The van der Waals surface area contributed by atoms with Crippen LogP contribution in [0.25, 0.3) is 0 Å². The van der Waals surface area contributed by atoms with Gasteiger partial charge in [-0.3, -0.25) is 0 Å². The lowest BCUT2D eigenvalue weighted by Gasteiger charge is -2.16. The zero-order valence-corrected chi connectivity index (χ0v) is 7.48. The molecule has 0 aliphatic rings. The van der Waals surface area contributed by atoms with E-state index in [2.05, 4.69) is 20.8 Å². The normalized spacial score (nSPS) is 12.8. The molecule has 0 saturated carbocycles. The van der Waals surface area contributed by atoms with Crippen LogP contribution in [-0.2, 0) is 4.74 Å². The van der Waals surface area contributed by atoms with Gasteiger partial charge >= 0.3 is 0 Å². The van der Waals surface area contributed by atoms with Crippen LogP contribution in [0.5, 0.6) is 0 Å². The summed E-state index contributed by atoms with van der Waals surface area (Å²) < 4.78 is 5.35. The molecule has 0 aromatic heterocycles. The van der Waals surface area contributed by atoms with Gasteiger partial charge in [0, 0.05) is 0 Å². The Balaban J connectivity index is 3.20. The maximum absolute atomic E-state index is 5.35. The van der Waals surface area contributed by atoms with Crippen LogP contribution in [0, 0.1) is 5.41 Å². The Bertz CT molecular complexity index is 97.8. The maximum atomic E-state index is 5.35. The molecule has 0 aromatic rings. The first kappa shape index (κ1) is 9.70. The molecule has 0 spiro atoms. The van der Waals surface area contributed by atoms with Crippen molar-refractivity contribution in [2.24, 2.45) is 5.41 Å². The van der Waals surface area contributed by atoms with Gasteiger partial charge in [-0.05, 0) is 12.3 Å². The SMILES string of the molecule is C/C=C/COCC(C)(C)C. The van der Waals surface area contributed by atoms with Crippen molar-refractivity contribution in [2.75, 3.05) is 13.2 Å². The molecule has 1 nitrogen and oxygen atoms in total. The molecule has 0 aromatic carbocycles. The van der Waals surface area contributed by atoms with Crippen molar-refractivity contribution in [1.82, 2.24) is 0 Å². The summed E-state index contributed by atoms with van der Waals surface area (Å²) in [5.74, 6) is 0. The molecule has 0 heterocycles. The molecule has 0 N–H and O–H groups in total. The molecular weight excluding hydrogens is 124 g/mol. The summed E-state index contributed by atoms with van der Waals surface area (Å²) in [7, 11) is 0. The Labute approximate surface area is 64.1 Å². The van der Waals surface area contributed by atoms with Gasteiger partial charge in [-0.2, -0.15) is 0 Å². The predicted molar refractivity (Wildman–Crippen MR) is 45.1 cm³/mol. The monoisotopic (exact) mass is 142 g/mol. The molecule has 0 unspecified atom stereocenters. The third-order valence-electron chi connectivity index (χ3n) is 0.985. The fourth-order valence-corrected chi connectivity index (χ4v) is 0.529. The second kappa shape index (κ2) is 4.51. The first-order valence-electron chi connectivity index (χ1n) is 3.75. The molecule has 10 heavy (non-hydrogen) atoms. The minimum atomic E-state index is 0.293. The van der Waals surface area contributed by atoms with Crippen LogP contribution in [0.1, 0.15) is 27.7 Å². The molecule has 0 bridgehead atoms. The van der Waals surface area contributed by atoms with Gasteiger partial charge in [0.2, 0.25) is 0 Å². The Kier molecular flexibility index (Phi) is 4.37. The smallest absolute Gasteiger partial charge is 0.0647 e. The second-order valence-electron chi connectivity index (χ2n) is 3.64. The van der Waals surface area contributed by atoms with E-state index in [9.17, 15) is 0 Å². The summed E-state index contributed by atoms with van der Waals surface area (Å²) in [6, 6.07) is 0. The van der Waals surface area contributed by atoms with Crippen molar-refractivity contribution in [2.45, 2.75) is 27.7 Å². The largest absolute Gasteiger partial charge is 0.377 e. The van der Waals surface area contributed by atoms with E-state index < -0.39 is 0 Å². The highest BCUT2D eigenvalue weighted by Gasteiger charge is 2.08. The lowest BCUT2D eigenvalue weighted by molar-refractivity contribution is 0.0909. The minimum absolute atomic E-state index is 0.293. The maximum Gasteiger partial charge on any atom is 0.0647 e. The summed E-state index contributed by atoms with van der Waals surface area (Å²) >= 11 is 0. The van der Waals surface area contributed by atoms with Crippen molar-refractivity contribution in [3.63, 3.8) is 0 Å². The van der Waals surface area contributed by atoms with Gasteiger partial charge in [0.05, 0.1) is 13.2 Å². The average Bonchev–Trinajstić information content (AvgIpc) is 1.78. The van der Waals surface area contributed by atoms with Gasteiger partial charge in [-0.15, -0.1) is 0 Å². The Morgan fingerprint density at radius 1 is 1.30 bits per heavy atom. The fraction of sp³-hybridized carbons (Fsp3) is 0.778. The van der Waals surface area contributed by atoms with Crippen LogP contribution in [0.2, 0.25) is 0 Å². The van der Waals surface area contributed by atoms with Crippen LogP contribution in [0.3, 0.4) is 0 Å². The molecule has 0 radical (unpaired) electrons. The summed E-state index contributed by atoms with van der Waals surface area (Å²) in [5, 5.41) is 0. The third-order valence-corrected chi connectivity index (χ3v) is 0.985. The standard InChI is InChI=1S/C9H18O/c1-5-6-7-10-8-9(2,3)4/h5-6H,7-8H2,1-4H3/b6-5+. The van der Waals surface area contributed by atoms with Gasteiger partial charge in [-0.1, -0.05) is 32.9 Å². The summed E-state index contributed by atoms with van der Waals surface area (Å²) in [5.41, 5.74) is 0.293. The Hall–Kier alpha value is -0.300. The lowest BCUT2D eigenvalue weighted by atomic mass is 9.99. The molecule has 0 amide bonds. The molecule has 1 heteroatoms. The van der Waals surface area contributed by atoms with E-state index in [1.54, 1.807) is 0 Å². The van der Waals surface area contributed by atoms with E-state index in [4.69, 9.17) is 4.74 Å². The highest BCUT2D eigenvalue weighted by atomic mass is 16.5. The van der Waals surface area contributed by atoms with Crippen molar-refractivity contribution in [1.29, 1.82) is 0 Å². The van der Waals surface area contributed by atoms with Gasteiger partial charge in [0.25, 0.3) is 0 Å². The Morgan fingerprint density at radius 2 is 1.90 bits per heavy atom. The van der Waals surface area contributed by atoms with Crippen LogP contribution in [-0.4, -0.2) is 13.2 Å². The average molecular weight is 142 g/mol. The van der Waals surface area contributed by atoms with E-state index >= 15 is 0 Å². The van der Waals surface area contributed by atoms with Gasteiger partial charge < -0.3 is 4.74 Å². The summed E-state index contributed by atoms with van der Waals surface area (Å²) in [4.78, 5) is 0. The molecule has 0 rings (SSSR count). The van der Waals surface area contributed by atoms with Crippen molar-refractivity contribution in [3.8, 4) is 0 Å². The van der Waals surface area contributed by atoms with Crippen LogP contribution < -0.4 is 0 Å². The van der Waals surface area contributed by atoms with E-state index in [0.717, 1.165) is 13.2 Å². The number of allylic oxidation sites excluding steroid dienone is 1. The van der Waals surface area contributed by atoms with Gasteiger partial charge in [0.15, 0.2) is 0 Å². The lowest BCUT2D eigenvalue weighted by Crippen LogP contribution is -2.14. The molecule has 60 valence electrons. The first-order chi connectivity index (χ1) is 4.56. The number of ether oxygens (including phenoxy) is 1. The minimum Gasteiger partial charge on any atom is -0.377 e. The highest BCUT2D eigenvalue weighted by Crippen LogP contribution is 2.12. The molecule has 0 saturated heterocycles. The number of rotatable bonds is 3. The van der Waals surface area contributed by atoms with E-state index in [1.807, 2.05) is 19.1 Å². The number of hydrogen-bond donors (Lipinski definition) is 0. The quantitative estimate of drug-likeness (QED) is 0.435. The molecule has 0 fully saturated rings. The molecule has 0 aliphatic heterocycles. The zero-order chi connectivity index (χ0) is 8.04. The van der Waals surface area contributed by atoms with Crippen molar-refractivity contribution < 1.29 is 4.74 Å². The number of hydrogen-bond acceptors (Lipinski definition) is 1. The molecular formula is C9H18O. The topological polar surface area (TPSA) is 9.23 Å². The van der Waals surface area contributed by atoms with Crippen LogP contribution in [0.4, 0.5) is 0 Å². The van der Waals surface area contributed by atoms with E-state index in [1.165, 1.54) is 0 Å². The second-order valence-corrected chi connectivity index (χ2v) is 3.64. The predicted octanol–water partition coefficient (Wildman–Crippen LogP) is 2.63. The zero-order valence-electron chi connectivity index (χ0n) is 7.48. The highest BCUT2D eigenvalue weighted by molar-refractivity contribution is 4.76. The molecule has 0 atom stereocenters. The third kappa shape index (κ3) is 7.70. The van der Waals surface area contributed by atoms with Crippen LogP contribution in [0.15, 0.2) is 12.2 Å². The van der Waals surface area contributed by atoms with E-state index in [-0.39, 0.29) is 0 Å². The summed E-state index contributed by atoms with van der Waals surface area (Å²) in [6.45, 7) is 10.1. The van der Waals surface area contributed by atoms with Crippen LogP contribution >= 0.6 is 0 Å². The summed E-state index contributed by atoms with van der Waals surface area (Å²) in [6.07, 6.45) is 4.02. The van der Waals surface area contributed by atoms with Gasteiger partial charge in [0.1, 0.15) is 0 Å². The molecule has 0 aliphatic carbocycles. The van der Waals surface area contributed by atoms with Crippen molar-refractivity contribution >= 4 is 0 Å². The first-order valence-corrected chi connectivity index (χ1v) is 3.75. The Morgan fingerprint density at radius 3 is 2.30 bits per heavy atom. The fourth-order valence-electron chi connectivity index (χ4n) is 0.529. The van der Waals surface area contributed by atoms with E-state index in [0.29, 0.717) is 5.41 Å². The van der Waals surface area contributed by atoms with Gasteiger partial charge in [-0.25, -0.2) is 0 Å².